The summed E-state index contributed by atoms with van der Waals surface area (Å²) in [7, 11) is -1.89. The van der Waals surface area contributed by atoms with E-state index in [0.29, 0.717) is 11.4 Å². The maximum Gasteiger partial charge on any atom is 0.276 e. The molecule has 0 atom stereocenters. The van der Waals surface area contributed by atoms with Crippen LogP contribution in [0.1, 0.15) is 46.6 Å². The van der Waals surface area contributed by atoms with E-state index in [1.54, 1.807) is 31.3 Å². The molecule has 0 unspecified atom stereocenters. The lowest BCUT2D eigenvalue weighted by atomic mass is 10.1. The van der Waals surface area contributed by atoms with Gasteiger partial charge in [-0.1, -0.05) is 18.2 Å². The lowest BCUT2D eigenvalue weighted by molar-refractivity contribution is 0.102. The van der Waals surface area contributed by atoms with Gasteiger partial charge in [-0.2, -0.15) is 9.40 Å². The van der Waals surface area contributed by atoms with E-state index in [9.17, 15) is 13.2 Å². The number of benzene rings is 2. The molecule has 2 aromatic carbocycles. The average molecular weight is 451 g/mol. The molecule has 32 heavy (non-hydrogen) atoms. The predicted molar refractivity (Wildman–Crippen MR) is 123 cm³/mol. The zero-order valence-electron chi connectivity index (χ0n) is 18.2. The van der Waals surface area contributed by atoms with E-state index in [2.05, 4.69) is 10.4 Å². The predicted octanol–water partition coefficient (Wildman–Crippen LogP) is 3.70. The quantitative estimate of drug-likeness (QED) is 0.621. The maximum atomic E-state index is 13.1. The van der Waals surface area contributed by atoms with Crippen molar-refractivity contribution in [2.75, 3.05) is 12.4 Å². The van der Waals surface area contributed by atoms with Crippen LogP contribution in [0.4, 0.5) is 5.69 Å². The van der Waals surface area contributed by atoms with Gasteiger partial charge in [0.15, 0.2) is 5.69 Å². The van der Waals surface area contributed by atoms with Crippen molar-refractivity contribution in [3.63, 3.8) is 0 Å². The SMILES string of the molecule is Cc1ccccc1-n1nc(C(=O)Nc2ccc(S(=O)(=O)N(C)C3CC3)cc2)c2c1CCC2. The first kappa shape index (κ1) is 20.9. The van der Waals surface area contributed by atoms with Gasteiger partial charge in [0, 0.05) is 30.0 Å². The topological polar surface area (TPSA) is 84.3 Å². The second-order valence-electron chi connectivity index (χ2n) is 8.56. The van der Waals surface area contributed by atoms with Gasteiger partial charge < -0.3 is 5.32 Å². The minimum absolute atomic E-state index is 0.102. The number of hydrogen-bond acceptors (Lipinski definition) is 4. The zero-order valence-corrected chi connectivity index (χ0v) is 19.0. The minimum atomic E-state index is -3.51. The third-order valence-electron chi connectivity index (χ3n) is 6.34. The number of aryl methyl sites for hydroxylation is 1. The van der Waals surface area contributed by atoms with Gasteiger partial charge in [0.2, 0.25) is 10.0 Å². The van der Waals surface area contributed by atoms with Crippen LogP contribution < -0.4 is 5.32 Å². The maximum absolute atomic E-state index is 13.1. The Labute approximate surface area is 188 Å². The van der Waals surface area contributed by atoms with Crippen molar-refractivity contribution in [2.45, 2.75) is 50.0 Å². The van der Waals surface area contributed by atoms with E-state index in [-0.39, 0.29) is 16.8 Å². The average Bonchev–Trinajstić information content (AvgIpc) is 3.41. The lowest BCUT2D eigenvalue weighted by Crippen LogP contribution is -2.28. The van der Waals surface area contributed by atoms with Crippen molar-refractivity contribution in [1.29, 1.82) is 0 Å². The number of aromatic nitrogens is 2. The van der Waals surface area contributed by atoms with Gasteiger partial charge in [0.05, 0.1) is 10.6 Å². The van der Waals surface area contributed by atoms with Crippen LogP contribution >= 0.6 is 0 Å². The highest BCUT2D eigenvalue weighted by molar-refractivity contribution is 7.89. The summed E-state index contributed by atoms with van der Waals surface area (Å²) in [6, 6.07) is 14.5. The number of hydrogen-bond donors (Lipinski definition) is 1. The lowest BCUT2D eigenvalue weighted by Gasteiger charge is -2.16. The Bertz CT molecular complexity index is 1290. The van der Waals surface area contributed by atoms with Crippen LogP contribution in [0.25, 0.3) is 5.69 Å². The van der Waals surface area contributed by atoms with Crippen LogP contribution in [0.3, 0.4) is 0 Å². The molecule has 166 valence electrons. The highest BCUT2D eigenvalue weighted by Crippen LogP contribution is 2.31. The molecule has 8 heteroatoms. The Morgan fingerprint density at radius 3 is 2.50 bits per heavy atom. The van der Waals surface area contributed by atoms with E-state index < -0.39 is 10.0 Å². The largest absolute Gasteiger partial charge is 0.321 e. The Kier molecular flexibility index (Phi) is 5.14. The molecule has 1 fully saturated rings. The van der Waals surface area contributed by atoms with E-state index in [4.69, 9.17) is 0 Å². The highest BCUT2D eigenvalue weighted by Gasteiger charge is 2.35. The molecule has 3 aromatic rings. The van der Waals surface area contributed by atoms with Crippen molar-refractivity contribution >= 4 is 21.6 Å². The number of rotatable bonds is 6. The van der Waals surface area contributed by atoms with Gasteiger partial charge in [-0.25, -0.2) is 13.1 Å². The summed E-state index contributed by atoms with van der Waals surface area (Å²) in [6.07, 6.45) is 4.53. The molecule has 0 saturated heterocycles. The fourth-order valence-electron chi connectivity index (χ4n) is 4.32. The smallest absolute Gasteiger partial charge is 0.276 e. The Morgan fingerprint density at radius 1 is 1.09 bits per heavy atom. The van der Waals surface area contributed by atoms with Gasteiger partial charge in [-0.3, -0.25) is 4.79 Å². The summed E-state index contributed by atoms with van der Waals surface area (Å²) in [6.45, 7) is 2.04. The van der Waals surface area contributed by atoms with Crippen LogP contribution in [0.2, 0.25) is 0 Å². The summed E-state index contributed by atoms with van der Waals surface area (Å²) < 4.78 is 28.7. The van der Waals surface area contributed by atoms with E-state index in [0.717, 1.165) is 54.6 Å². The van der Waals surface area contributed by atoms with Crippen molar-refractivity contribution in [3.8, 4) is 5.69 Å². The monoisotopic (exact) mass is 450 g/mol. The first-order chi connectivity index (χ1) is 15.4. The molecule has 1 saturated carbocycles. The number of anilines is 1. The second-order valence-corrected chi connectivity index (χ2v) is 10.6. The van der Waals surface area contributed by atoms with Gasteiger partial charge in [0.25, 0.3) is 5.91 Å². The van der Waals surface area contributed by atoms with Crippen molar-refractivity contribution in [2.24, 2.45) is 0 Å². The Hall–Kier alpha value is -2.97. The molecule has 2 aliphatic rings. The van der Waals surface area contributed by atoms with Crippen LogP contribution in [0, 0.1) is 6.92 Å². The molecule has 1 heterocycles. The van der Waals surface area contributed by atoms with E-state index >= 15 is 0 Å². The summed E-state index contributed by atoms with van der Waals surface area (Å²) in [5.41, 5.74) is 5.15. The summed E-state index contributed by atoms with van der Waals surface area (Å²) in [4.78, 5) is 13.3. The van der Waals surface area contributed by atoms with Gasteiger partial charge in [-0.05, 0) is 74.9 Å². The molecule has 1 amide bonds. The van der Waals surface area contributed by atoms with Gasteiger partial charge in [-0.15, -0.1) is 0 Å². The standard InChI is InChI=1S/C24H26N4O3S/c1-16-6-3-4-8-21(16)28-22-9-5-7-20(22)23(26-28)24(29)25-17-10-14-19(15-11-17)32(30,31)27(2)18-12-13-18/h3-4,6,8,10-11,14-15,18H,5,7,9,12-13H2,1-2H3,(H,25,29). The molecule has 1 N–H and O–H groups in total. The third kappa shape index (κ3) is 3.63. The summed E-state index contributed by atoms with van der Waals surface area (Å²) in [5, 5.41) is 7.55. The second kappa shape index (κ2) is 7.86. The van der Waals surface area contributed by atoms with Crippen LogP contribution in [-0.4, -0.2) is 41.5 Å². The van der Waals surface area contributed by atoms with Gasteiger partial charge in [0.1, 0.15) is 0 Å². The first-order valence-electron chi connectivity index (χ1n) is 10.9. The molecule has 7 nitrogen and oxygen atoms in total. The number of para-hydroxylation sites is 1. The number of nitrogens with one attached hydrogen (secondary N) is 1. The zero-order chi connectivity index (χ0) is 22.5. The fraction of sp³-hybridized carbons (Fsp3) is 0.333. The molecular weight excluding hydrogens is 424 g/mol. The summed E-state index contributed by atoms with van der Waals surface area (Å²) in [5.74, 6) is -0.277. The third-order valence-corrected chi connectivity index (χ3v) is 8.26. The van der Waals surface area contributed by atoms with Crippen molar-refractivity contribution in [1.82, 2.24) is 14.1 Å². The molecule has 1 aromatic heterocycles. The summed E-state index contributed by atoms with van der Waals surface area (Å²) >= 11 is 0. The molecule has 2 aliphatic carbocycles. The Balaban J connectivity index is 1.39. The first-order valence-corrected chi connectivity index (χ1v) is 12.4. The molecular formula is C24H26N4O3S. The number of fused-ring (bicyclic) bond motifs is 1. The number of amides is 1. The highest BCUT2D eigenvalue weighted by atomic mass is 32.2. The number of carbonyl (C=O) groups excluding carboxylic acids is 1. The molecule has 0 bridgehead atoms. The van der Waals surface area contributed by atoms with E-state index in [1.165, 1.54) is 4.31 Å². The number of nitrogens with zero attached hydrogens (tertiary/aromatic N) is 3. The Morgan fingerprint density at radius 2 is 1.81 bits per heavy atom. The normalized spacial score (nSPS) is 15.7. The van der Waals surface area contributed by atoms with Crippen LogP contribution in [-0.2, 0) is 22.9 Å². The minimum Gasteiger partial charge on any atom is -0.321 e. The van der Waals surface area contributed by atoms with Crippen molar-refractivity contribution in [3.05, 3.63) is 71.0 Å². The van der Waals surface area contributed by atoms with Crippen molar-refractivity contribution < 1.29 is 13.2 Å². The number of sulfonamides is 1. The van der Waals surface area contributed by atoms with Gasteiger partial charge >= 0.3 is 0 Å². The molecule has 0 spiro atoms. The molecule has 5 rings (SSSR count). The number of carbonyl (C=O) groups is 1. The molecule has 0 radical (unpaired) electrons. The fourth-order valence-corrected chi connectivity index (χ4v) is 5.74. The van der Waals surface area contributed by atoms with Crippen LogP contribution in [0.15, 0.2) is 53.4 Å². The van der Waals surface area contributed by atoms with E-state index in [1.807, 2.05) is 35.9 Å². The molecule has 0 aliphatic heterocycles. The van der Waals surface area contributed by atoms with Crippen LogP contribution in [0.5, 0.6) is 0 Å².